The molecule has 0 fully saturated rings. The van der Waals surface area contributed by atoms with Crippen LogP contribution in [0.4, 0.5) is 0 Å². The van der Waals surface area contributed by atoms with Gasteiger partial charge in [0.2, 0.25) is 0 Å². The van der Waals surface area contributed by atoms with E-state index in [1.807, 2.05) is 6.08 Å². The molecule has 1 unspecified atom stereocenters. The molecule has 0 radical (unpaired) electrons. The highest BCUT2D eigenvalue weighted by Crippen LogP contribution is 2.24. The molecule has 0 aliphatic heterocycles. The first-order valence-electron chi connectivity index (χ1n) is 9.90. The van der Waals surface area contributed by atoms with Crippen LogP contribution in [0.5, 0.6) is 0 Å². The Labute approximate surface area is 168 Å². The van der Waals surface area contributed by atoms with Crippen molar-refractivity contribution in [1.82, 2.24) is 4.90 Å². The van der Waals surface area contributed by atoms with Gasteiger partial charge in [-0.2, -0.15) is 0 Å². The van der Waals surface area contributed by atoms with Gasteiger partial charge < -0.3 is 5.11 Å². The zero-order valence-electron chi connectivity index (χ0n) is 17.4. The van der Waals surface area contributed by atoms with Crippen LogP contribution in [0.1, 0.15) is 73.3 Å². The maximum atomic E-state index is 9.39. The number of hydrogen-bond donors (Lipinski definition) is 1. The molecule has 152 valence electrons. The van der Waals surface area contributed by atoms with Crippen molar-refractivity contribution in [2.75, 3.05) is 6.54 Å². The monoisotopic (exact) mass is 371 g/mol. The van der Waals surface area contributed by atoms with Gasteiger partial charge in [0.15, 0.2) is 0 Å². The summed E-state index contributed by atoms with van der Waals surface area (Å²) in [6, 6.07) is 11.9. The Morgan fingerprint density at radius 3 is 2.11 bits per heavy atom. The summed E-state index contributed by atoms with van der Waals surface area (Å²) in [5.41, 5.74) is 2.59. The van der Waals surface area contributed by atoms with E-state index in [0.717, 1.165) is 19.4 Å². The van der Waals surface area contributed by atoms with Crippen molar-refractivity contribution < 1.29 is 5.11 Å². The van der Waals surface area contributed by atoms with E-state index in [4.69, 9.17) is 0 Å². The molecule has 0 aliphatic rings. The quantitative estimate of drug-likeness (QED) is 0.345. The number of nitrogens with zero attached hydrogens (tertiary/aromatic N) is 1. The largest absolute Gasteiger partial charge is 0.513 e. The highest BCUT2D eigenvalue weighted by atomic mass is 16.3. The van der Waals surface area contributed by atoms with Gasteiger partial charge >= 0.3 is 0 Å². The van der Waals surface area contributed by atoms with Gasteiger partial charge in [0, 0.05) is 18.0 Å². The Morgan fingerprint density at radius 1 is 1.04 bits per heavy atom. The van der Waals surface area contributed by atoms with Gasteiger partial charge in [-0.05, 0) is 71.2 Å². The molecule has 0 saturated heterocycles. The van der Waals surface area contributed by atoms with Crippen molar-refractivity contribution >= 4 is 0 Å². The van der Waals surface area contributed by atoms with Crippen LogP contribution in [-0.4, -0.2) is 28.6 Å². The summed E-state index contributed by atoms with van der Waals surface area (Å²) in [6.07, 6.45) is 10.4. The number of aliphatic hydroxyl groups is 1. The Bertz CT molecular complexity index is 584. The van der Waals surface area contributed by atoms with Gasteiger partial charge in [-0.25, -0.2) is 0 Å². The van der Waals surface area contributed by atoms with Crippen molar-refractivity contribution in [3.8, 4) is 0 Å². The second-order valence-corrected chi connectivity index (χ2v) is 7.49. The van der Waals surface area contributed by atoms with Crippen molar-refractivity contribution in [2.24, 2.45) is 0 Å². The highest BCUT2D eigenvalue weighted by Gasteiger charge is 2.16. The Morgan fingerprint density at radius 2 is 1.63 bits per heavy atom. The fraction of sp³-hybridized carbons (Fsp3) is 0.520. The Balaban J connectivity index is 0.00000676. The van der Waals surface area contributed by atoms with Gasteiger partial charge in [-0.1, -0.05) is 62.9 Å². The molecule has 0 saturated carbocycles. The molecule has 2 nitrogen and oxygen atoms in total. The van der Waals surface area contributed by atoms with Crippen LogP contribution >= 0.6 is 0 Å². The molecule has 0 spiro atoms. The minimum absolute atomic E-state index is 0. The highest BCUT2D eigenvalue weighted by molar-refractivity contribution is 5.29. The van der Waals surface area contributed by atoms with Gasteiger partial charge in [-0.3, -0.25) is 4.90 Å². The summed E-state index contributed by atoms with van der Waals surface area (Å²) in [5, 5.41) is 9.39. The van der Waals surface area contributed by atoms with E-state index in [2.05, 4.69) is 82.0 Å². The summed E-state index contributed by atoms with van der Waals surface area (Å²) in [7, 11) is 0. The summed E-state index contributed by atoms with van der Waals surface area (Å²) < 4.78 is 0. The van der Waals surface area contributed by atoms with Crippen LogP contribution in [0.2, 0.25) is 0 Å². The fourth-order valence-electron chi connectivity index (χ4n) is 3.23. The van der Waals surface area contributed by atoms with Crippen molar-refractivity contribution in [3.63, 3.8) is 0 Å². The van der Waals surface area contributed by atoms with Crippen molar-refractivity contribution in [1.29, 1.82) is 0 Å². The molecule has 0 aliphatic carbocycles. The smallest absolute Gasteiger partial charge is 0.0891 e. The molecule has 27 heavy (non-hydrogen) atoms. The zero-order chi connectivity index (χ0) is 19.5. The molecule has 1 N–H and O–H groups in total. The number of benzene rings is 1. The van der Waals surface area contributed by atoms with Crippen LogP contribution < -0.4 is 0 Å². The molecule has 0 bridgehead atoms. The summed E-state index contributed by atoms with van der Waals surface area (Å²) >= 11 is 0. The third-order valence-corrected chi connectivity index (χ3v) is 4.74. The summed E-state index contributed by atoms with van der Waals surface area (Å²) in [6.45, 7) is 14.0. The van der Waals surface area contributed by atoms with Crippen molar-refractivity contribution in [3.05, 3.63) is 71.5 Å². The lowest BCUT2D eigenvalue weighted by molar-refractivity contribution is 0.171. The average Bonchev–Trinajstić information content (AvgIpc) is 2.60. The zero-order valence-corrected chi connectivity index (χ0v) is 17.4. The molecular formula is C25H41NO. The maximum absolute atomic E-state index is 9.39. The average molecular weight is 372 g/mol. The third-order valence-electron chi connectivity index (χ3n) is 4.74. The van der Waals surface area contributed by atoms with Gasteiger partial charge in [0.05, 0.1) is 5.76 Å². The van der Waals surface area contributed by atoms with Gasteiger partial charge in [-0.15, -0.1) is 0 Å². The van der Waals surface area contributed by atoms with E-state index in [1.165, 1.54) is 11.1 Å². The Kier molecular flexibility index (Phi) is 12.5. The first kappa shape index (κ1) is 25.2. The fourth-order valence-corrected chi connectivity index (χ4v) is 3.23. The molecule has 1 atom stereocenters. The lowest BCUT2D eigenvalue weighted by Crippen LogP contribution is -2.38. The van der Waals surface area contributed by atoms with E-state index in [1.54, 1.807) is 13.0 Å². The predicted octanol–water partition coefficient (Wildman–Crippen LogP) is 7.27. The molecule has 0 heterocycles. The van der Waals surface area contributed by atoms with Crippen molar-refractivity contribution in [2.45, 2.75) is 79.8 Å². The normalized spacial score (nSPS) is 14.3. The minimum atomic E-state index is 0. The number of hydrogen-bond acceptors (Lipinski definition) is 2. The molecule has 1 aromatic rings. The van der Waals surface area contributed by atoms with E-state index in [-0.39, 0.29) is 7.43 Å². The second kappa shape index (κ2) is 13.4. The van der Waals surface area contributed by atoms with Crippen LogP contribution in [0, 0.1) is 0 Å². The summed E-state index contributed by atoms with van der Waals surface area (Å²) in [4.78, 5) is 2.55. The maximum Gasteiger partial charge on any atom is 0.0891 e. The van der Waals surface area contributed by atoms with Gasteiger partial charge in [0.1, 0.15) is 0 Å². The molecule has 1 rings (SSSR count). The van der Waals surface area contributed by atoms with Crippen LogP contribution in [-0.2, 0) is 0 Å². The minimum Gasteiger partial charge on any atom is -0.513 e. The topological polar surface area (TPSA) is 23.5 Å². The lowest BCUT2D eigenvalue weighted by Gasteiger charge is -2.31. The van der Waals surface area contributed by atoms with E-state index in [9.17, 15) is 5.11 Å². The first-order chi connectivity index (χ1) is 12.3. The first-order valence-corrected chi connectivity index (χ1v) is 9.90. The molecule has 0 amide bonds. The lowest BCUT2D eigenvalue weighted by atomic mass is 9.93. The standard InChI is InChI=1S/C24H37NO.CH4/c1-7-22(14-13-21(6)26)15-16-24(23-11-9-8-10-12-23)17-18-25(19(2)3)20(4)5;/h8-16,19-20,24,26H,7,17-18H2,1-6H3;1H4/b16-15+,21-13+,22-14-;. The predicted molar refractivity (Wildman–Crippen MR) is 121 cm³/mol. The number of aliphatic hydroxyl groups excluding tert-OH is 1. The molecule has 1 aromatic carbocycles. The van der Waals surface area contributed by atoms with Crippen LogP contribution in [0.25, 0.3) is 0 Å². The second-order valence-electron chi connectivity index (χ2n) is 7.49. The number of rotatable bonds is 10. The van der Waals surface area contributed by atoms with Gasteiger partial charge in [0.25, 0.3) is 0 Å². The Hall–Kier alpha value is -1.80. The van der Waals surface area contributed by atoms with E-state index < -0.39 is 0 Å². The number of allylic oxidation sites excluding steroid dienone is 6. The van der Waals surface area contributed by atoms with E-state index >= 15 is 0 Å². The molecule has 0 aromatic heterocycles. The molecular weight excluding hydrogens is 330 g/mol. The van der Waals surface area contributed by atoms with Crippen LogP contribution in [0.3, 0.4) is 0 Å². The summed E-state index contributed by atoms with van der Waals surface area (Å²) in [5.74, 6) is 0.735. The third kappa shape index (κ3) is 9.63. The van der Waals surface area contributed by atoms with Crippen LogP contribution in [0.15, 0.2) is 66.0 Å². The van der Waals surface area contributed by atoms with E-state index in [0.29, 0.717) is 23.8 Å². The molecule has 2 heteroatoms. The SMILES string of the molecule is C.CCC(=C/C=C(\C)O)/C=C/C(CCN(C(C)C)C(C)C)c1ccccc1.